The molecular formula is C20H12Cl6N2S. The summed E-state index contributed by atoms with van der Waals surface area (Å²) < 4.78 is 0. The number of nitrogens with zero attached hydrogens (tertiary/aromatic N) is 2. The molecule has 0 bridgehead atoms. The van der Waals surface area contributed by atoms with E-state index >= 15 is 0 Å². The molecule has 0 saturated heterocycles. The van der Waals surface area contributed by atoms with Gasteiger partial charge in [0.2, 0.25) is 0 Å². The maximum atomic E-state index is 6.23. The van der Waals surface area contributed by atoms with E-state index in [-0.39, 0.29) is 0 Å². The molecule has 0 saturated carbocycles. The smallest absolute Gasteiger partial charge is 0.101 e. The Kier molecular flexibility index (Phi) is 7.56. The minimum Gasteiger partial charge on any atom is -0.249 e. The number of aliphatic imine (C=N–C) groups is 2. The molecule has 29 heavy (non-hydrogen) atoms. The van der Waals surface area contributed by atoms with Crippen molar-refractivity contribution in [1.82, 2.24) is 0 Å². The molecule has 150 valence electrons. The van der Waals surface area contributed by atoms with Gasteiger partial charge in [-0.05, 0) is 50.2 Å². The monoisotopic (exact) mass is 522 g/mol. The van der Waals surface area contributed by atoms with Crippen LogP contribution in [0, 0.1) is 0 Å². The molecule has 0 aliphatic heterocycles. The predicted molar refractivity (Wildman–Crippen MR) is 131 cm³/mol. The lowest BCUT2D eigenvalue weighted by atomic mass is 10.2. The molecule has 9 heteroatoms. The zero-order chi connectivity index (χ0) is 21.3. The Morgan fingerprint density at radius 2 is 0.931 bits per heavy atom. The van der Waals surface area contributed by atoms with Crippen LogP contribution in [-0.4, -0.2) is 11.4 Å². The van der Waals surface area contributed by atoms with Crippen molar-refractivity contribution in [2.75, 3.05) is 0 Å². The van der Waals surface area contributed by atoms with Gasteiger partial charge >= 0.3 is 0 Å². The van der Waals surface area contributed by atoms with Gasteiger partial charge in [-0.2, -0.15) is 0 Å². The summed E-state index contributed by atoms with van der Waals surface area (Å²) in [5, 5.41) is 2.49. The van der Waals surface area contributed by atoms with Crippen molar-refractivity contribution >= 4 is 104 Å². The van der Waals surface area contributed by atoms with Crippen LogP contribution >= 0.6 is 80.9 Å². The Morgan fingerprint density at radius 1 is 0.621 bits per heavy atom. The molecule has 2 aromatic carbocycles. The average molecular weight is 525 g/mol. The molecule has 0 amide bonds. The molecule has 3 aromatic rings. The molecule has 3 rings (SSSR count). The summed E-state index contributed by atoms with van der Waals surface area (Å²) >= 11 is 38.4. The Morgan fingerprint density at radius 3 is 1.24 bits per heavy atom. The van der Waals surface area contributed by atoms with Crippen LogP contribution in [0.4, 0.5) is 11.4 Å². The van der Waals surface area contributed by atoms with E-state index in [2.05, 4.69) is 9.98 Å². The lowest BCUT2D eigenvalue weighted by Crippen LogP contribution is -1.91. The number of thiophene rings is 1. The fourth-order valence-electron chi connectivity index (χ4n) is 2.46. The highest BCUT2D eigenvalue weighted by molar-refractivity contribution is 7.16. The maximum Gasteiger partial charge on any atom is 0.101 e. The molecular weight excluding hydrogens is 513 g/mol. The highest BCUT2D eigenvalue weighted by Crippen LogP contribution is 2.38. The Hall–Kier alpha value is -0.780. The predicted octanol–water partition coefficient (Wildman–Crippen LogP) is 9.95. The lowest BCUT2D eigenvalue weighted by Gasteiger charge is -2.05. The van der Waals surface area contributed by atoms with E-state index in [1.54, 1.807) is 24.3 Å². The first-order valence-electron chi connectivity index (χ1n) is 8.16. The van der Waals surface area contributed by atoms with Crippen molar-refractivity contribution in [3.8, 4) is 0 Å². The van der Waals surface area contributed by atoms with E-state index in [4.69, 9.17) is 69.6 Å². The van der Waals surface area contributed by atoms with E-state index in [1.165, 1.54) is 11.3 Å². The lowest BCUT2D eigenvalue weighted by molar-refractivity contribution is 1.49. The van der Waals surface area contributed by atoms with E-state index in [0.29, 0.717) is 41.5 Å². The van der Waals surface area contributed by atoms with E-state index in [9.17, 15) is 0 Å². The van der Waals surface area contributed by atoms with Gasteiger partial charge in [0.15, 0.2) is 0 Å². The van der Waals surface area contributed by atoms with Crippen LogP contribution in [0.2, 0.25) is 30.1 Å². The van der Waals surface area contributed by atoms with Gasteiger partial charge in [-0.3, -0.25) is 0 Å². The van der Waals surface area contributed by atoms with E-state index in [0.717, 1.165) is 21.2 Å². The summed E-state index contributed by atoms with van der Waals surface area (Å²) in [5.74, 6) is 0. The molecule has 1 aromatic heterocycles. The maximum absolute atomic E-state index is 6.23. The second-order valence-electron chi connectivity index (χ2n) is 5.99. The number of halogens is 6. The third-order valence-corrected chi connectivity index (χ3v) is 6.73. The fraction of sp³-hybridized carbons (Fsp3) is 0.100. The van der Waals surface area contributed by atoms with Gasteiger partial charge in [-0.15, -0.1) is 11.3 Å². The highest BCUT2D eigenvalue weighted by Gasteiger charge is 2.12. The second kappa shape index (κ2) is 9.57. The topological polar surface area (TPSA) is 24.7 Å². The van der Waals surface area contributed by atoms with Crippen molar-refractivity contribution in [3.63, 3.8) is 0 Å². The summed E-state index contributed by atoms with van der Waals surface area (Å²) in [6.45, 7) is 3.77. The van der Waals surface area contributed by atoms with Crippen molar-refractivity contribution < 1.29 is 0 Å². The number of benzene rings is 2. The Labute approximate surface area is 202 Å². The van der Waals surface area contributed by atoms with Crippen molar-refractivity contribution in [1.29, 1.82) is 0 Å². The van der Waals surface area contributed by atoms with Crippen LogP contribution in [0.25, 0.3) is 0 Å². The minimum atomic E-state index is 0.392. The average Bonchev–Trinajstić information content (AvgIpc) is 3.11. The van der Waals surface area contributed by atoms with Gasteiger partial charge in [-0.1, -0.05) is 69.6 Å². The number of hydrogen-bond donors (Lipinski definition) is 0. The molecule has 0 radical (unpaired) electrons. The van der Waals surface area contributed by atoms with Gasteiger partial charge in [0.05, 0.1) is 31.5 Å². The molecule has 0 N–H and O–H groups in total. The third kappa shape index (κ3) is 5.48. The summed E-state index contributed by atoms with van der Waals surface area (Å²) in [7, 11) is 0. The normalized spacial score (nSPS) is 12.6. The highest BCUT2D eigenvalue weighted by atomic mass is 35.5. The summed E-state index contributed by atoms with van der Waals surface area (Å²) in [6, 6.07) is 10.4. The van der Waals surface area contributed by atoms with Crippen molar-refractivity contribution in [2.45, 2.75) is 13.8 Å². The second-order valence-corrected chi connectivity index (χ2v) is 9.58. The van der Waals surface area contributed by atoms with Crippen molar-refractivity contribution in [3.05, 3.63) is 76.3 Å². The SMILES string of the molecule is CC(=Nc1c(Cl)cc(Cl)cc1Cl)c1ccc(C(C)=Nc2c(Cl)cc(Cl)cc2Cl)s1. The van der Waals surface area contributed by atoms with Gasteiger partial charge in [-0.25, -0.2) is 9.98 Å². The molecule has 0 unspecified atom stereocenters. The summed E-state index contributed by atoms with van der Waals surface area (Å²) in [5.41, 5.74) is 2.50. The van der Waals surface area contributed by atoms with Crippen LogP contribution in [0.5, 0.6) is 0 Å². The first-order chi connectivity index (χ1) is 13.7. The standard InChI is InChI=1S/C20H12Cl6N2S/c1-9(27-19-13(23)5-11(21)6-14(19)24)17-3-4-18(29-17)10(2)28-20-15(25)7-12(22)8-16(20)26/h3-8H,1-2H3. The van der Waals surface area contributed by atoms with Crippen LogP contribution < -0.4 is 0 Å². The molecule has 0 aliphatic carbocycles. The van der Waals surface area contributed by atoms with Crippen LogP contribution in [0.3, 0.4) is 0 Å². The zero-order valence-corrected chi connectivity index (χ0v) is 20.4. The van der Waals surface area contributed by atoms with Crippen LogP contribution in [-0.2, 0) is 0 Å². The quantitative estimate of drug-likeness (QED) is 0.303. The minimum absolute atomic E-state index is 0.392. The zero-order valence-electron chi connectivity index (χ0n) is 15.0. The third-order valence-electron chi connectivity index (χ3n) is 3.84. The molecule has 0 spiro atoms. The number of rotatable bonds is 4. The first-order valence-corrected chi connectivity index (χ1v) is 11.2. The largest absolute Gasteiger partial charge is 0.249 e. The summed E-state index contributed by atoms with van der Waals surface area (Å²) in [6.07, 6.45) is 0. The Balaban J connectivity index is 1.93. The van der Waals surface area contributed by atoms with Gasteiger partial charge < -0.3 is 0 Å². The molecule has 1 heterocycles. The fourth-order valence-corrected chi connectivity index (χ4v) is 5.15. The van der Waals surface area contributed by atoms with Gasteiger partial charge in [0.25, 0.3) is 0 Å². The van der Waals surface area contributed by atoms with Gasteiger partial charge in [0.1, 0.15) is 11.4 Å². The first kappa shape index (κ1) is 22.9. The Bertz CT molecular complexity index is 1020. The van der Waals surface area contributed by atoms with Gasteiger partial charge in [0, 0.05) is 19.8 Å². The molecule has 2 nitrogen and oxygen atoms in total. The van der Waals surface area contributed by atoms with Crippen LogP contribution in [0.15, 0.2) is 46.4 Å². The number of hydrogen-bond acceptors (Lipinski definition) is 3. The molecule has 0 atom stereocenters. The van der Waals surface area contributed by atoms with Crippen LogP contribution in [0.1, 0.15) is 23.6 Å². The molecule has 0 fully saturated rings. The van der Waals surface area contributed by atoms with E-state index in [1.807, 2.05) is 26.0 Å². The molecule has 0 aliphatic rings. The van der Waals surface area contributed by atoms with E-state index < -0.39 is 0 Å². The van der Waals surface area contributed by atoms with Crippen molar-refractivity contribution in [2.24, 2.45) is 9.98 Å². The summed E-state index contributed by atoms with van der Waals surface area (Å²) in [4.78, 5) is 11.0.